The van der Waals surface area contributed by atoms with Gasteiger partial charge in [0, 0.05) is 26.1 Å². The Labute approximate surface area is 105 Å². The predicted molar refractivity (Wildman–Crippen MR) is 67.1 cm³/mol. The molecule has 18 heavy (non-hydrogen) atoms. The molecule has 0 radical (unpaired) electrons. The fourth-order valence-corrected chi connectivity index (χ4v) is 2.21. The maximum Gasteiger partial charge on any atom is 0.389 e. The summed E-state index contributed by atoms with van der Waals surface area (Å²) in [4.78, 5) is 2.04. The zero-order valence-corrected chi connectivity index (χ0v) is 10.1. The lowest BCUT2D eigenvalue weighted by Gasteiger charge is -2.24. The highest BCUT2D eigenvalue weighted by Crippen LogP contribution is 2.29. The highest BCUT2D eigenvalue weighted by molar-refractivity contribution is 5.70. The van der Waals surface area contributed by atoms with Gasteiger partial charge in [-0.2, -0.15) is 13.2 Å². The number of hydrogen-bond donors (Lipinski definition) is 1. The van der Waals surface area contributed by atoms with Crippen LogP contribution < -0.4 is 10.2 Å². The quantitative estimate of drug-likeness (QED) is 0.890. The molecule has 0 amide bonds. The van der Waals surface area contributed by atoms with Gasteiger partial charge < -0.3 is 10.2 Å². The number of hydrogen-bond acceptors (Lipinski definition) is 2. The van der Waals surface area contributed by atoms with E-state index in [2.05, 4.69) is 5.32 Å². The Morgan fingerprint density at radius 3 is 2.78 bits per heavy atom. The largest absolute Gasteiger partial charge is 0.389 e. The van der Waals surface area contributed by atoms with Gasteiger partial charge in [0.1, 0.15) is 0 Å². The van der Waals surface area contributed by atoms with E-state index in [0.29, 0.717) is 6.54 Å². The van der Waals surface area contributed by atoms with Gasteiger partial charge >= 0.3 is 6.18 Å². The minimum absolute atomic E-state index is 0.151. The van der Waals surface area contributed by atoms with E-state index in [4.69, 9.17) is 0 Å². The number of halogens is 3. The normalized spacial score (nSPS) is 15.8. The summed E-state index contributed by atoms with van der Waals surface area (Å²) in [5.41, 5.74) is 2.03. The summed E-state index contributed by atoms with van der Waals surface area (Å²) in [5, 5.41) is 3.30. The minimum Gasteiger partial charge on any atom is -0.383 e. The standard InChI is InChI=1S/C13H17F3N2/c14-13(15,16)7-3-9-18-10-4-8-17-11-5-1-2-6-12(11)18/h1-2,5-6,17H,3-4,7-10H2. The average molecular weight is 258 g/mol. The van der Waals surface area contributed by atoms with E-state index in [1.807, 2.05) is 29.2 Å². The second-order valence-electron chi connectivity index (χ2n) is 4.50. The van der Waals surface area contributed by atoms with Gasteiger partial charge in [-0.15, -0.1) is 0 Å². The van der Waals surface area contributed by atoms with Crippen molar-refractivity contribution in [3.63, 3.8) is 0 Å². The van der Waals surface area contributed by atoms with E-state index in [1.54, 1.807) is 0 Å². The van der Waals surface area contributed by atoms with Crippen LogP contribution in [0, 0.1) is 0 Å². The molecule has 0 saturated heterocycles. The fraction of sp³-hybridized carbons (Fsp3) is 0.538. The van der Waals surface area contributed by atoms with Crippen molar-refractivity contribution in [2.45, 2.75) is 25.4 Å². The van der Waals surface area contributed by atoms with Gasteiger partial charge in [0.2, 0.25) is 0 Å². The highest BCUT2D eigenvalue weighted by Gasteiger charge is 2.26. The predicted octanol–water partition coefficient (Wildman–Crippen LogP) is 3.65. The first-order valence-electron chi connectivity index (χ1n) is 6.21. The molecule has 0 bridgehead atoms. The van der Waals surface area contributed by atoms with E-state index in [0.717, 1.165) is 30.9 Å². The molecule has 0 aromatic heterocycles. The lowest BCUT2D eigenvalue weighted by atomic mass is 10.2. The van der Waals surface area contributed by atoms with Crippen LogP contribution in [-0.4, -0.2) is 25.8 Å². The van der Waals surface area contributed by atoms with Crippen molar-refractivity contribution in [2.75, 3.05) is 29.9 Å². The molecule has 0 unspecified atom stereocenters. The number of anilines is 2. The third kappa shape index (κ3) is 3.55. The Kier molecular flexibility index (Phi) is 3.99. The molecule has 1 aromatic rings. The molecule has 0 fully saturated rings. The zero-order chi connectivity index (χ0) is 13.0. The van der Waals surface area contributed by atoms with Crippen LogP contribution in [0.2, 0.25) is 0 Å². The van der Waals surface area contributed by atoms with Crippen LogP contribution in [0.25, 0.3) is 0 Å². The van der Waals surface area contributed by atoms with Crippen molar-refractivity contribution in [1.82, 2.24) is 0 Å². The molecule has 0 atom stereocenters. The summed E-state index contributed by atoms with van der Waals surface area (Å²) in [7, 11) is 0. The van der Waals surface area contributed by atoms with Crippen molar-refractivity contribution >= 4 is 11.4 Å². The Balaban J connectivity index is 2.00. The number of benzene rings is 1. The maximum absolute atomic E-state index is 12.2. The van der Waals surface area contributed by atoms with E-state index in [9.17, 15) is 13.2 Å². The topological polar surface area (TPSA) is 15.3 Å². The summed E-state index contributed by atoms with van der Waals surface area (Å²) in [5.74, 6) is 0. The third-order valence-electron chi connectivity index (χ3n) is 3.05. The third-order valence-corrected chi connectivity index (χ3v) is 3.05. The van der Waals surface area contributed by atoms with Gasteiger partial charge in [-0.25, -0.2) is 0 Å². The molecule has 1 aliphatic rings. The monoisotopic (exact) mass is 258 g/mol. The molecular weight excluding hydrogens is 241 g/mol. The zero-order valence-electron chi connectivity index (χ0n) is 10.1. The lowest BCUT2D eigenvalue weighted by molar-refractivity contribution is -0.135. The number of nitrogens with zero attached hydrogens (tertiary/aromatic N) is 1. The highest BCUT2D eigenvalue weighted by atomic mass is 19.4. The molecule has 2 rings (SSSR count). The van der Waals surface area contributed by atoms with E-state index in [-0.39, 0.29) is 6.42 Å². The minimum atomic E-state index is -4.05. The van der Waals surface area contributed by atoms with Crippen LogP contribution in [0.1, 0.15) is 19.3 Å². The molecule has 2 nitrogen and oxygen atoms in total. The molecular formula is C13H17F3N2. The van der Waals surface area contributed by atoms with Crippen LogP contribution in [0.5, 0.6) is 0 Å². The maximum atomic E-state index is 12.2. The molecule has 1 heterocycles. The van der Waals surface area contributed by atoms with Crippen LogP contribution in [0.15, 0.2) is 24.3 Å². The van der Waals surface area contributed by atoms with E-state index < -0.39 is 12.6 Å². The molecule has 5 heteroatoms. The second-order valence-corrected chi connectivity index (χ2v) is 4.50. The first-order chi connectivity index (χ1) is 8.56. The molecule has 0 spiro atoms. The SMILES string of the molecule is FC(F)(F)CCCN1CCCNc2ccccc21. The molecule has 1 N–H and O–H groups in total. The number of fused-ring (bicyclic) bond motifs is 1. The number of alkyl halides is 3. The van der Waals surface area contributed by atoms with Crippen LogP contribution >= 0.6 is 0 Å². The van der Waals surface area contributed by atoms with E-state index >= 15 is 0 Å². The van der Waals surface area contributed by atoms with Crippen molar-refractivity contribution < 1.29 is 13.2 Å². The van der Waals surface area contributed by atoms with Gasteiger partial charge in [-0.3, -0.25) is 0 Å². The Morgan fingerprint density at radius 1 is 1.22 bits per heavy atom. The van der Waals surface area contributed by atoms with Crippen molar-refractivity contribution in [3.05, 3.63) is 24.3 Å². The Morgan fingerprint density at radius 2 is 2.00 bits per heavy atom. The van der Waals surface area contributed by atoms with Crippen molar-refractivity contribution in [3.8, 4) is 0 Å². The Hall–Kier alpha value is -1.39. The van der Waals surface area contributed by atoms with Crippen molar-refractivity contribution in [1.29, 1.82) is 0 Å². The van der Waals surface area contributed by atoms with Gasteiger partial charge in [-0.1, -0.05) is 12.1 Å². The summed E-state index contributed by atoms with van der Waals surface area (Å²) in [6, 6.07) is 7.78. The molecule has 1 aromatic carbocycles. The Bertz CT molecular complexity index is 390. The first kappa shape index (κ1) is 13.1. The molecule has 0 aliphatic carbocycles. The molecule has 100 valence electrons. The van der Waals surface area contributed by atoms with Gasteiger partial charge in [-0.05, 0) is 25.0 Å². The summed E-state index contributed by atoms with van der Waals surface area (Å²) >= 11 is 0. The van der Waals surface area contributed by atoms with Crippen LogP contribution in [0.4, 0.5) is 24.5 Å². The molecule has 0 saturated carbocycles. The van der Waals surface area contributed by atoms with E-state index in [1.165, 1.54) is 0 Å². The number of rotatable bonds is 3. The average Bonchev–Trinajstić information content (AvgIpc) is 2.51. The number of para-hydroxylation sites is 2. The molecule has 1 aliphatic heterocycles. The lowest BCUT2D eigenvalue weighted by Crippen LogP contribution is -2.26. The first-order valence-corrected chi connectivity index (χ1v) is 6.21. The van der Waals surface area contributed by atoms with Gasteiger partial charge in [0.05, 0.1) is 11.4 Å². The van der Waals surface area contributed by atoms with Gasteiger partial charge in [0.25, 0.3) is 0 Å². The van der Waals surface area contributed by atoms with Gasteiger partial charge in [0.15, 0.2) is 0 Å². The summed E-state index contributed by atoms with van der Waals surface area (Å²) < 4.78 is 36.5. The van der Waals surface area contributed by atoms with Crippen LogP contribution in [-0.2, 0) is 0 Å². The number of nitrogens with one attached hydrogen (secondary N) is 1. The van der Waals surface area contributed by atoms with Crippen LogP contribution in [0.3, 0.4) is 0 Å². The van der Waals surface area contributed by atoms with Crippen molar-refractivity contribution in [2.24, 2.45) is 0 Å². The smallest absolute Gasteiger partial charge is 0.383 e. The second kappa shape index (κ2) is 5.50. The fourth-order valence-electron chi connectivity index (χ4n) is 2.21. The summed E-state index contributed by atoms with van der Waals surface area (Å²) in [6.07, 6.45) is -3.67. The summed E-state index contributed by atoms with van der Waals surface area (Å²) in [6.45, 7) is 2.13.